The number of carboxylic acids is 1. The quantitative estimate of drug-likeness (QED) is 0.863. The molecule has 1 amide bonds. The van der Waals surface area contributed by atoms with Crippen molar-refractivity contribution < 1.29 is 14.7 Å². The molecule has 0 saturated heterocycles. The maximum atomic E-state index is 11.7. The van der Waals surface area contributed by atoms with Crippen LogP contribution in [-0.2, 0) is 9.59 Å². The van der Waals surface area contributed by atoms with E-state index in [1.807, 2.05) is 0 Å². The fourth-order valence-electron chi connectivity index (χ4n) is 1.51. The van der Waals surface area contributed by atoms with Crippen molar-refractivity contribution in [3.63, 3.8) is 0 Å². The Hall–Kier alpha value is -1.55. The first-order valence-corrected chi connectivity index (χ1v) is 6.06. The summed E-state index contributed by atoms with van der Waals surface area (Å²) < 4.78 is 0. The Morgan fingerprint density at radius 1 is 1.33 bits per heavy atom. The monoisotopic (exact) mass is 269 g/mol. The van der Waals surface area contributed by atoms with Gasteiger partial charge in [-0.2, -0.15) is 0 Å². The molecule has 0 aliphatic heterocycles. The summed E-state index contributed by atoms with van der Waals surface area (Å²) in [4.78, 5) is 22.5. The highest BCUT2D eigenvalue weighted by Gasteiger charge is 2.21. The molecule has 0 spiro atoms. The normalized spacial score (nSPS) is 12.2. The number of hydrogen-bond acceptors (Lipinski definition) is 2. The van der Waals surface area contributed by atoms with Crippen molar-refractivity contribution in [1.82, 2.24) is 5.32 Å². The molecule has 2 N–H and O–H groups in total. The molecule has 0 unspecified atom stereocenters. The zero-order valence-corrected chi connectivity index (χ0v) is 11.1. The van der Waals surface area contributed by atoms with Gasteiger partial charge in [0.2, 0.25) is 5.91 Å². The molecule has 0 aromatic heterocycles. The second-order valence-electron chi connectivity index (χ2n) is 4.34. The molecule has 1 atom stereocenters. The van der Waals surface area contributed by atoms with Gasteiger partial charge in [-0.05, 0) is 11.6 Å². The number of aliphatic carboxylic acids is 1. The van der Waals surface area contributed by atoms with Crippen LogP contribution in [0, 0.1) is 5.92 Å². The van der Waals surface area contributed by atoms with E-state index < -0.39 is 12.0 Å². The molecule has 5 heteroatoms. The van der Waals surface area contributed by atoms with Crippen LogP contribution in [0.1, 0.15) is 31.9 Å². The standard InChI is InChI=1S/C13H16ClNO3/c1-8(2)13(18)15-11(7-12(16)17)9-5-3-4-6-10(9)14/h3-6,8,11H,7H2,1-2H3,(H,15,18)(H,16,17)/t11-/m1/s1. The van der Waals surface area contributed by atoms with Gasteiger partial charge in [0, 0.05) is 10.9 Å². The summed E-state index contributed by atoms with van der Waals surface area (Å²) in [6.45, 7) is 3.50. The van der Waals surface area contributed by atoms with Gasteiger partial charge in [-0.15, -0.1) is 0 Å². The highest BCUT2D eigenvalue weighted by Crippen LogP contribution is 2.25. The smallest absolute Gasteiger partial charge is 0.305 e. The highest BCUT2D eigenvalue weighted by atomic mass is 35.5. The van der Waals surface area contributed by atoms with Gasteiger partial charge in [0.05, 0.1) is 12.5 Å². The van der Waals surface area contributed by atoms with Gasteiger partial charge in [0.15, 0.2) is 0 Å². The summed E-state index contributed by atoms with van der Waals surface area (Å²) in [6.07, 6.45) is -0.192. The zero-order valence-electron chi connectivity index (χ0n) is 10.3. The third-order valence-corrected chi connectivity index (χ3v) is 2.84. The number of carbonyl (C=O) groups is 2. The Kier molecular flexibility index (Phi) is 5.16. The summed E-state index contributed by atoms with van der Waals surface area (Å²) in [5.74, 6) is -1.38. The van der Waals surface area contributed by atoms with E-state index in [0.29, 0.717) is 10.6 Å². The number of carbonyl (C=O) groups excluding carboxylic acids is 1. The fraction of sp³-hybridized carbons (Fsp3) is 0.385. The number of nitrogens with one attached hydrogen (secondary N) is 1. The zero-order chi connectivity index (χ0) is 13.7. The molecule has 1 aromatic carbocycles. The average Bonchev–Trinajstić information content (AvgIpc) is 2.28. The van der Waals surface area contributed by atoms with Crippen LogP contribution in [0.25, 0.3) is 0 Å². The van der Waals surface area contributed by atoms with Crippen LogP contribution in [0.15, 0.2) is 24.3 Å². The van der Waals surface area contributed by atoms with Crippen LogP contribution in [0.2, 0.25) is 5.02 Å². The SMILES string of the molecule is CC(C)C(=O)N[C@H](CC(=O)O)c1ccccc1Cl. The number of hydrogen-bond donors (Lipinski definition) is 2. The second-order valence-corrected chi connectivity index (χ2v) is 4.74. The van der Waals surface area contributed by atoms with Crippen LogP contribution in [0.4, 0.5) is 0 Å². The number of halogens is 1. The molecule has 0 bridgehead atoms. The minimum absolute atomic E-state index is 0.192. The van der Waals surface area contributed by atoms with Gasteiger partial charge in [-0.3, -0.25) is 9.59 Å². The number of carboxylic acid groups (broad SMARTS) is 1. The van der Waals surface area contributed by atoms with Crippen LogP contribution < -0.4 is 5.32 Å². The van der Waals surface area contributed by atoms with E-state index in [1.165, 1.54) is 0 Å². The summed E-state index contributed by atoms with van der Waals surface area (Å²) >= 11 is 6.02. The van der Waals surface area contributed by atoms with E-state index in [9.17, 15) is 9.59 Å². The van der Waals surface area contributed by atoms with Crippen molar-refractivity contribution in [3.8, 4) is 0 Å². The van der Waals surface area contributed by atoms with Gasteiger partial charge in [0.25, 0.3) is 0 Å². The summed E-state index contributed by atoms with van der Waals surface area (Å²) in [7, 11) is 0. The maximum Gasteiger partial charge on any atom is 0.305 e. The molecule has 4 nitrogen and oxygen atoms in total. The molecule has 1 rings (SSSR count). The van der Waals surface area contributed by atoms with Crippen molar-refractivity contribution in [3.05, 3.63) is 34.9 Å². The summed E-state index contributed by atoms with van der Waals surface area (Å²) in [5, 5.41) is 12.0. The first-order valence-electron chi connectivity index (χ1n) is 5.68. The molecular formula is C13H16ClNO3. The third kappa shape index (κ3) is 4.04. The van der Waals surface area contributed by atoms with Crippen LogP contribution >= 0.6 is 11.6 Å². The van der Waals surface area contributed by atoms with Gasteiger partial charge in [0.1, 0.15) is 0 Å². The van der Waals surface area contributed by atoms with Crippen molar-refractivity contribution in [2.24, 2.45) is 5.92 Å². The molecular weight excluding hydrogens is 254 g/mol. The third-order valence-electron chi connectivity index (χ3n) is 2.50. The number of amides is 1. The number of benzene rings is 1. The Balaban J connectivity index is 2.95. The minimum atomic E-state index is -0.982. The summed E-state index contributed by atoms with van der Waals surface area (Å²) in [5.41, 5.74) is 0.621. The van der Waals surface area contributed by atoms with Crippen molar-refractivity contribution >= 4 is 23.5 Å². The molecule has 0 saturated carbocycles. The lowest BCUT2D eigenvalue weighted by Gasteiger charge is -2.19. The Morgan fingerprint density at radius 3 is 2.44 bits per heavy atom. The average molecular weight is 270 g/mol. The molecule has 98 valence electrons. The van der Waals surface area contributed by atoms with Crippen LogP contribution in [0.5, 0.6) is 0 Å². The lowest BCUT2D eigenvalue weighted by molar-refractivity contribution is -0.137. The largest absolute Gasteiger partial charge is 0.481 e. The highest BCUT2D eigenvalue weighted by molar-refractivity contribution is 6.31. The van der Waals surface area contributed by atoms with Crippen LogP contribution in [0.3, 0.4) is 0 Å². The Labute approximate surface area is 111 Å². The predicted octanol–water partition coefficient (Wildman–Crippen LogP) is 2.63. The fourth-order valence-corrected chi connectivity index (χ4v) is 1.78. The van der Waals surface area contributed by atoms with E-state index in [2.05, 4.69) is 5.32 Å². The minimum Gasteiger partial charge on any atom is -0.481 e. The molecule has 0 aliphatic rings. The summed E-state index contributed by atoms with van der Waals surface area (Å²) in [6, 6.07) is 6.31. The first kappa shape index (κ1) is 14.5. The van der Waals surface area contributed by atoms with E-state index in [1.54, 1.807) is 38.1 Å². The van der Waals surface area contributed by atoms with Crippen LogP contribution in [-0.4, -0.2) is 17.0 Å². The van der Waals surface area contributed by atoms with Gasteiger partial charge >= 0.3 is 5.97 Å². The molecule has 0 fully saturated rings. The molecule has 18 heavy (non-hydrogen) atoms. The van der Waals surface area contributed by atoms with E-state index in [0.717, 1.165) is 0 Å². The molecule has 1 aromatic rings. The van der Waals surface area contributed by atoms with Crippen molar-refractivity contribution in [2.75, 3.05) is 0 Å². The molecule has 0 heterocycles. The molecule has 0 radical (unpaired) electrons. The van der Waals surface area contributed by atoms with E-state index >= 15 is 0 Å². The van der Waals surface area contributed by atoms with E-state index in [-0.39, 0.29) is 18.2 Å². The Bertz CT molecular complexity index is 446. The lowest BCUT2D eigenvalue weighted by Crippen LogP contribution is -2.33. The Morgan fingerprint density at radius 2 is 1.94 bits per heavy atom. The van der Waals surface area contributed by atoms with Gasteiger partial charge < -0.3 is 10.4 Å². The topological polar surface area (TPSA) is 66.4 Å². The van der Waals surface area contributed by atoms with Gasteiger partial charge in [-0.25, -0.2) is 0 Å². The number of rotatable bonds is 5. The predicted molar refractivity (Wildman–Crippen MR) is 69.4 cm³/mol. The maximum absolute atomic E-state index is 11.7. The lowest BCUT2D eigenvalue weighted by atomic mass is 10.0. The first-order chi connectivity index (χ1) is 8.41. The van der Waals surface area contributed by atoms with Crippen molar-refractivity contribution in [2.45, 2.75) is 26.3 Å². The van der Waals surface area contributed by atoms with Gasteiger partial charge in [-0.1, -0.05) is 43.6 Å². The molecule has 0 aliphatic carbocycles. The second kappa shape index (κ2) is 6.40. The van der Waals surface area contributed by atoms with E-state index in [4.69, 9.17) is 16.7 Å². The van der Waals surface area contributed by atoms with Crippen molar-refractivity contribution in [1.29, 1.82) is 0 Å².